The van der Waals surface area contributed by atoms with E-state index in [1.165, 1.54) is 27.2 Å². The Labute approximate surface area is 254 Å². The van der Waals surface area contributed by atoms with Crippen molar-refractivity contribution in [1.29, 1.82) is 0 Å². The first kappa shape index (κ1) is 24.6. The molecule has 3 heterocycles. The molecule has 1 unspecified atom stereocenters. The number of aliphatic imine (C=N–C) groups is 2. The van der Waals surface area contributed by atoms with E-state index in [1.807, 2.05) is 24.3 Å². The van der Waals surface area contributed by atoms with Crippen molar-refractivity contribution < 1.29 is 0 Å². The summed E-state index contributed by atoms with van der Waals surface area (Å²) in [4.78, 5) is 10.3. The van der Waals surface area contributed by atoms with Gasteiger partial charge in [-0.25, -0.2) is 4.99 Å². The van der Waals surface area contributed by atoms with Crippen LogP contribution in [-0.4, -0.2) is 20.9 Å². The zero-order chi connectivity index (χ0) is 29.0. The maximum Gasteiger partial charge on any atom is 0.234 e. The molecule has 1 atom stereocenters. The fraction of sp³-hybridized carbons (Fsp3) is 0.0256. The molecule has 0 amide bonds. The van der Waals surface area contributed by atoms with Crippen molar-refractivity contribution in [3.05, 3.63) is 163 Å². The van der Waals surface area contributed by atoms with E-state index in [2.05, 4.69) is 142 Å². The summed E-state index contributed by atoms with van der Waals surface area (Å²) in [6.07, 6.45) is -0.271. The topological polar surface area (TPSA) is 46.6 Å². The van der Waals surface area contributed by atoms with Crippen LogP contribution in [0.25, 0.3) is 49.3 Å². The summed E-state index contributed by atoms with van der Waals surface area (Å²) in [7, 11) is 0. The second kappa shape index (κ2) is 9.82. The fourth-order valence-corrected chi connectivity index (χ4v) is 6.60. The van der Waals surface area contributed by atoms with E-state index in [4.69, 9.17) is 9.98 Å². The summed E-state index contributed by atoms with van der Waals surface area (Å²) in [5.41, 5.74) is 7.77. The number of benzene rings is 6. The summed E-state index contributed by atoms with van der Waals surface area (Å²) in [6, 6.07) is 53.2. The molecule has 0 fully saturated rings. The highest BCUT2D eigenvalue weighted by Gasteiger charge is 2.24. The van der Waals surface area contributed by atoms with E-state index >= 15 is 0 Å². The highest BCUT2D eigenvalue weighted by Crippen LogP contribution is 2.36. The van der Waals surface area contributed by atoms with E-state index in [1.54, 1.807) is 0 Å². The molecule has 2 aromatic heterocycles. The Bertz CT molecular complexity index is 2360. The fourth-order valence-electron chi connectivity index (χ4n) is 6.60. The van der Waals surface area contributed by atoms with Gasteiger partial charge in [0.25, 0.3) is 0 Å². The third kappa shape index (κ3) is 3.80. The van der Waals surface area contributed by atoms with E-state index in [-0.39, 0.29) is 6.17 Å². The third-order valence-electron chi connectivity index (χ3n) is 8.59. The number of fused-ring (bicyclic) bond motifs is 6. The number of hydrogen-bond donors (Lipinski definition) is 1. The molecule has 5 heteroatoms. The van der Waals surface area contributed by atoms with Crippen molar-refractivity contribution in [2.45, 2.75) is 6.17 Å². The minimum Gasteiger partial charge on any atom is -0.344 e. The maximum atomic E-state index is 5.20. The first-order valence-electron chi connectivity index (χ1n) is 14.9. The van der Waals surface area contributed by atoms with Crippen LogP contribution in [0.1, 0.15) is 17.3 Å². The number of hydrogen-bond acceptors (Lipinski definition) is 3. The minimum atomic E-state index is -0.271. The van der Waals surface area contributed by atoms with Crippen LogP contribution in [0.3, 0.4) is 0 Å². The van der Waals surface area contributed by atoms with Gasteiger partial charge in [0.15, 0.2) is 0 Å². The van der Waals surface area contributed by atoms with Crippen molar-refractivity contribution in [2.24, 2.45) is 9.98 Å². The lowest BCUT2D eigenvalue weighted by Gasteiger charge is -2.24. The predicted molar refractivity (Wildman–Crippen MR) is 182 cm³/mol. The van der Waals surface area contributed by atoms with Gasteiger partial charge in [0, 0.05) is 32.8 Å². The van der Waals surface area contributed by atoms with Crippen LogP contribution in [0.2, 0.25) is 0 Å². The standard InChI is InChI=1S/C39H27N5/c1-3-13-26(14-4-1)37-40-38(27-15-5-2-6-16-27)42-39(41-37)44-35-22-12-9-19-31(35)32-25-28(23-24-36(32)44)43-33-20-10-7-17-29(33)30-18-8-11-21-34(30)43/h1-25,37H,(H,40,41,42). The lowest BCUT2D eigenvalue weighted by molar-refractivity contribution is 0.668. The van der Waals surface area contributed by atoms with Gasteiger partial charge in [-0.2, -0.15) is 4.99 Å². The highest BCUT2D eigenvalue weighted by atomic mass is 15.3. The number of rotatable bonds is 3. The Morgan fingerprint density at radius 1 is 0.477 bits per heavy atom. The summed E-state index contributed by atoms with van der Waals surface area (Å²) >= 11 is 0. The SMILES string of the molecule is c1ccc(C2=NC(n3c4ccccc4c4cc(-n5c6ccccc6c6ccccc65)ccc43)=NC(c3ccccc3)N2)cc1. The molecule has 0 radical (unpaired) electrons. The molecule has 1 N–H and O–H groups in total. The van der Waals surface area contributed by atoms with Crippen LogP contribution in [0.4, 0.5) is 0 Å². The molecule has 1 aliphatic heterocycles. The summed E-state index contributed by atoms with van der Waals surface area (Å²) < 4.78 is 4.58. The summed E-state index contributed by atoms with van der Waals surface area (Å²) in [5, 5.41) is 8.42. The van der Waals surface area contributed by atoms with E-state index in [0.29, 0.717) is 5.96 Å². The van der Waals surface area contributed by atoms with Gasteiger partial charge in [-0.15, -0.1) is 0 Å². The predicted octanol–water partition coefficient (Wildman–Crippen LogP) is 8.84. The van der Waals surface area contributed by atoms with Crippen molar-refractivity contribution in [3.63, 3.8) is 0 Å². The van der Waals surface area contributed by atoms with Gasteiger partial charge in [0.1, 0.15) is 12.0 Å². The summed E-state index contributed by atoms with van der Waals surface area (Å²) in [5.74, 6) is 1.46. The average Bonchev–Trinajstić information content (AvgIpc) is 3.61. The number of aromatic nitrogens is 2. The van der Waals surface area contributed by atoms with Crippen LogP contribution in [0.5, 0.6) is 0 Å². The zero-order valence-electron chi connectivity index (χ0n) is 23.8. The summed E-state index contributed by atoms with van der Waals surface area (Å²) in [6.45, 7) is 0. The van der Waals surface area contributed by atoms with Crippen LogP contribution < -0.4 is 5.32 Å². The van der Waals surface area contributed by atoms with E-state index in [9.17, 15) is 0 Å². The smallest absolute Gasteiger partial charge is 0.234 e. The first-order chi connectivity index (χ1) is 21.8. The number of amidine groups is 1. The molecule has 1 aliphatic rings. The quantitative estimate of drug-likeness (QED) is 0.229. The van der Waals surface area contributed by atoms with Gasteiger partial charge < -0.3 is 9.88 Å². The molecule has 44 heavy (non-hydrogen) atoms. The van der Waals surface area contributed by atoms with Gasteiger partial charge in [0.05, 0.1) is 22.1 Å². The zero-order valence-corrected chi connectivity index (χ0v) is 23.8. The van der Waals surface area contributed by atoms with Gasteiger partial charge in [0.2, 0.25) is 5.96 Å². The van der Waals surface area contributed by atoms with Crippen molar-refractivity contribution in [3.8, 4) is 5.69 Å². The van der Waals surface area contributed by atoms with Crippen LogP contribution in [0.15, 0.2) is 162 Å². The van der Waals surface area contributed by atoms with Crippen molar-refractivity contribution >= 4 is 55.4 Å². The van der Waals surface area contributed by atoms with E-state index in [0.717, 1.165) is 39.1 Å². The number of nitrogens with zero attached hydrogens (tertiary/aromatic N) is 4. The lowest BCUT2D eigenvalue weighted by atomic mass is 10.1. The Morgan fingerprint density at radius 2 is 1.00 bits per heavy atom. The number of nitrogens with one attached hydrogen (secondary N) is 1. The molecule has 6 aromatic carbocycles. The Kier molecular flexibility index (Phi) is 5.50. The monoisotopic (exact) mass is 565 g/mol. The minimum absolute atomic E-state index is 0.271. The first-order valence-corrected chi connectivity index (χ1v) is 14.9. The van der Waals surface area contributed by atoms with E-state index < -0.39 is 0 Å². The van der Waals surface area contributed by atoms with Gasteiger partial charge in [-0.1, -0.05) is 115 Å². The van der Waals surface area contributed by atoms with Gasteiger partial charge in [-0.3, -0.25) is 4.57 Å². The molecule has 0 aliphatic carbocycles. The number of para-hydroxylation sites is 3. The second-order valence-corrected chi connectivity index (χ2v) is 11.1. The molecule has 0 saturated carbocycles. The largest absolute Gasteiger partial charge is 0.344 e. The Hall–Kier alpha value is -5.94. The molecule has 9 rings (SSSR count). The molecule has 8 aromatic rings. The van der Waals surface area contributed by atoms with Crippen LogP contribution >= 0.6 is 0 Å². The maximum absolute atomic E-state index is 5.20. The lowest BCUT2D eigenvalue weighted by Crippen LogP contribution is -2.35. The molecule has 0 saturated heterocycles. The molecular weight excluding hydrogens is 538 g/mol. The normalized spacial score (nSPS) is 15.0. The van der Waals surface area contributed by atoms with Gasteiger partial charge >= 0.3 is 0 Å². The Balaban J connectivity index is 1.29. The van der Waals surface area contributed by atoms with Crippen molar-refractivity contribution in [2.75, 3.05) is 0 Å². The van der Waals surface area contributed by atoms with Gasteiger partial charge in [-0.05, 0) is 42.0 Å². The second-order valence-electron chi connectivity index (χ2n) is 11.1. The molecule has 0 bridgehead atoms. The third-order valence-corrected chi connectivity index (χ3v) is 8.59. The molecule has 5 nitrogen and oxygen atoms in total. The molecular formula is C39H27N5. The Morgan fingerprint density at radius 3 is 1.66 bits per heavy atom. The van der Waals surface area contributed by atoms with Crippen LogP contribution in [0, 0.1) is 0 Å². The van der Waals surface area contributed by atoms with Crippen LogP contribution in [-0.2, 0) is 0 Å². The molecule has 208 valence electrons. The highest BCUT2D eigenvalue weighted by molar-refractivity contribution is 6.18. The molecule has 0 spiro atoms. The average molecular weight is 566 g/mol. The van der Waals surface area contributed by atoms with Crippen molar-refractivity contribution in [1.82, 2.24) is 14.5 Å².